The molecule has 2 aromatic heterocycles. The number of aromatic nitrogens is 3. The van der Waals surface area contributed by atoms with Gasteiger partial charge in [0.25, 0.3) is 5.56 Å². The minimum atomic E-state index is -0.521. The first-order valence-electron chi connectivity index (χ1n) is 9.20. The summed E-state index contributed by atoms with van der Waals surface area (Å²) in [5.74, 6) is -0.0528. The zero-order chi connectivity index (χ0) is 21.3. The lowest BCUT2D eigenvalue weighted by molar-refractivity contribution is -0.134. The number of hydrogen-bond donors (Lipinski definition) is 1. The van der Waals surface area contributed by atoms with E-state index in [4.69, 9.17) is 15.2 Å². The predicted octanol–water partition coefficient (Wildman–Crippen LogP) is 0.187. The van der Waals surface area contributed by atoms with Crippen molar-refractivity contribution in [1.29, 1.82) is 0 Å². The molecule has 2 N–H and O–H groups in total. The number of allylic oxidation sites excluding steroid dienone is 4. The second-order valence-electron chi connectivity index (χ2n) is 6.63. The van der Waals surface area contributed by atoms with Crippen LogP contribution in [-0.2, 0) is 25.5 Å². The van der Waals surface area contributed by atoms with Crippen molar-refractivity contribution >= 4 is 39.9 Å². The highest BCUT2D eigenvalue weighted by Gasteiger charge is 2.21. The fraction of sp³-hybridized carbons (Fsp3) is 0.316. The molecule has 3 heterocycles. The fourth-order valence-corrected chi connectivity index (χ4v) is 4.01. The third-order valence-corrected chi connectivity index (χ3v) is 5.61. The summed E-state index contributed by atoms with van der Waals surface area (Å²) >= 11 is 1.15. The molecule has 0 aromatic carbocycles. The molecule has 4 rings (SSSR count). The van der Waals surface area contributed by atoms with E-state index >= 15 is 0 Å². The van der Waals surface area contributed by atoms with Crippen molar-refractivity contribution in [3.05, 3.63) is 50.5 Å². The highest BCUT2D eigenvalue weighted by Crippen LogP contribution is 2.21. The molecule has 0 atom stereocenters. The first-order valence-corrected chi connectivity index (χ1v) is 10.0. The Morgan fingerprint density at radius 3 is 2.83 bits per heavy atom. The molecule has 1 fully saturated rings. The van der Waals surface area contributed by atoms with Gasteiger partial charge in [0.2, 0.25) is 16.7 Å². The smallest absolute Gasteiger partial charge is 0.283 e. The Kier molecular flexibility index (Phi) is 5.46. The summed E-state index contributed by atoms with van der Waals surface area (Å²) in [6.07, 6.45) is 6.05. The van der Waals surface area contributed by atoms with Gasteiger partial charge >= 0.3 is 0 Å². The van der Waals surface area contributed by atoms with Crippen LogP contribution in [-0.4, -0.2) is 64.6 Å². The molecule has 30 heavy (non-hydrogen) atoms. The molecule has 10 nitrogen and oxygen atoms in total. The van der Waals surface area contributed by atoms with E-state index in [9.17, 15) is 14.4 Å². The standard InChI is InChI=1S/C19H19N5O5S/c1-28-14-9-11(2-3-13(14)25)8-12-17(20)24-19(21-18(12)27)30-15(22-24)10-16(26)23-4-6-29-7-5-23/h2-3,8-9H,4-7,10,20H2,1H3. The van der Waals surface area contributed by atoms with Gasteiger partial charge in [0.15, 0.2) is 5.76 Å². The predicted molar refractivity (Wildman–Crippen MR) is 110 cm³/mol. The number of nitrogens with zero attached hydrogens (tertiary/aromatic N) is 4. The molecular weight excluding hydrogens is 410 g/mol. The number of carbonyl (C=O) groups excluding carboxylic acids is 2. The van der Waals surface area contributed by atoms with Gasteiger partial charge in [-0.1, -0.05) is 17.4 Å². The van der Waals surface area contributed by atoms with E-state index in [1.807, 2.05) is 0 Å². The van der Waals surface area contributed by atoms with Crippen molar-refractivity contribution in [2.75, 3.05) is 39.1 Å². The van der Waals surface area contributed by atoms with Crippen LogP contribution in [0.3, 0.4) is 0 Å². The van der Waals surface area contributed by atoms with Crippen LogP contribution in [0.5, 0.6) is 0 Å². The summed E-state index contributed by atoms with van der Waals surface area (Å²) < 4.78 is 11.6. The second-order valence-corrected chi connectivity index (χ2v) is 7.67. The summed E-state index contributed by atoms with van der Waals surface area (Å²) in [6.45, 7) is 2.14. The first kappa shape index (κ1) is 20.0. The maximum atomic E-state index is 12.5. The van der Waals surface area contributed by atoms with E-state index in [0.29, 0.717) is 41.8 Å². The Bertz CT molecular complexity index is 1170. The largest absolute Gasteiger partial charge is 0.493 e. The van der Waals surface area contributed by atoms with Gasteiger partial charge in [0, 0.05) is 13.1 Å². The Morgan fingerprint density at radius 2 is 2.10 bits per heavy atom. The highest BCUT2D eigenvalue weighted by atomic mass is 32.1. The third-order valence-electron chi connectivity index (χ3n) is 4.70. The zero-order valence-electron chi connectivity index (χ0n) is 16.2. The number of ether oxygens (including phenoxy) is 2. The van der Waals surface area contributed by atoms with Crippen molar-refractivity contribution in [3.8, 4) is 0 Å². The first-order chi connectivity index (χ1) is 14.5. The molecule has 0 unspecified atom stereocenters. The van der Waals surface area contributed by atoms with Gasteiger partial charge < -0.3 is 20.1 Å². The molecule has 0 bridgehead atoms. The van der Waals surface area contributed by atoms with Crippen LogP contribution in [0.2, 0.25) is 0 Å². The number of hydrogen-bond acceptors (Lipinski definition) is 9. The molecule has 0 radical (unpaired) electrons. The van der Waals surface area contributed by atoms with Gasteiger partial charge in [-0.2, -0.15) is 14.6 Å². The van der Waals surface area contributed by atoms with Crippen molar-refractivity contribution < 1.29 is 19.1 Å². The van der Waals surface area contributed by atoms with Gasteiger partial charge in [-0.05, 0) is 23.8 Å². The number of fused-ring (bicyclic) bond motifs is 1. The number of nitrogen functional groups attached to an aromatic ring is 1. The van der Waals surface area contributed by atoms with Crippen molar-refractivity contribution in [2.24, 2.45) is 0 Å². The number of methoxy groups -OCH3 is 1. The summed E-state index contributed by atoms with van der Waals surface area (Å²) in [5, 5.41) is 4.89. The average molecular weight is 429 g/mol. The van der Waals surface area contributed by atoms with Crippen LogP contribution >= 0.6 is 11.3 Å². The van der Waals surface area contributed by atoms with Crippen molar-refractivity contribution in [1.82, 2.24) is 19.5 Å². The molecule has 2 aliphatic rings. The maximum Gasteiger partial charge on any atom is 0.283 e. The number of rotatable bonds is 4. The molecular formula is C19H19N5O5S. The quantitative estimate of drug-likeness (QED) is 0.729. The molecule has 1 amide bonds. The van der Waals surface area contributed by atoms with Gasteiger partial charge in [-0.25, -0.2) is 0 Å². The SMILES string of the molecule is COC1=CC(=Cc2c(N)n3nc(CC(=O)N4CCOCC4)sc3nc2=O)C=CC1=O. The van der Waals surface area contributed by atoms with E-state index < -0.39 is 5.56 Å². The lowest BCUT2D eigenvalue weighted by Crippen LogP contribution is -2.41. The van der Waals surface area contributed by atoms with E-state index in [2.05, 4.69) is 10.1 Å². The fourth-order valence-electron chi connectivity index (χ4n) is 3.12. The number of amides is 1. The molecule has 156 valence electrons. The van der Waals surface area contributed by atoms with Crippen LogP contribution in [0.4, 0.5) is 5.82 Å². The van der Waals surface area contributed by atoms with Gasteiger partial charge in [-0.3, -0.25) is 14.4 Å². The van der Waals surface area contributed by atoms with E-state index in [1.54, 1.807) is 11.0 Å². The van der Waals surface area contributed by atoms with Gasteiger partial charge in [-0.15, -0.1) is 0 Å². The topological polar surface area (TPSA) is 129 Å². The summed E-state index contributed by atoms with van der Waals surface area (Å²) in [7, 11) is 1.40. The van der Waals surface area contributed by atoms with Gasteiger partial charge in [0.05, 0.1) is 32.3 Å². The molecule has 2 aromatic rings. The van der Waals surface area contributed by atoms with Crippen LogP contribution in [0.1, 0.15) is 10.6 Å². The number of anilines is 1. The summed E-state index contributed by atoms with van der Waals surface area (Å²) in [4.78, 5) is 42.7. The van der Waals surface area contributed by atoms with E-state index in [1.165, 1.54) is 29.9 Å². The number of ketones is 1. The summed E-state index contributed by atoms with van der Waals surface area (Å²) in [6, 6.07) is 0. The van der Waals surface area contributed by atoms with Crippen molar-refractivity contribution in [3.63, 3.8) is 0 Å². The summed E-state index contributed by atoms with van der Waals surface area (Å²) in [5.41, 5.74) is 6.37. The monoisotopic (exact) mass is 429 g/mol. The number of carbonyl (C=O) groups is 2. The molecule has 1 saturated heterocycles. The molecule has 0 saturated carbocycles. The zero-order valence-corrected chi connectivity index (χ0v) is 17.0. The maximum absolute atomic E-state index is 12.5. The Hall–Kier alpha value is -3.31. The van der Waals surface area contributed by atoms with Crippen molar-refractivity contribution in [2.45, 2.75) is 6.42 Å². The third kappa shape index (κ3) is 3.89. The molecule has 0 spiro atoms. The minimum absolute atomic E-state index is 0.0598. The second kappa shape index (κ2) is 8.20. The Balaban J connectivity index is 1.65. The highest BCUT2D eigenvalue weighted by molar-refractivity contribution is 7.16. The Labute approximate surface area is 174 Å². The lowest BCUT2D eigenvalue weighted by Gasteiger charge is -2.26. The number of morpholine rings is 1. The van der Waals surface area contributed by atoms with Crippen LogP contribution in [0.15, 0.2) is 34.4 Å². The van der Waals surface area contributed by atoms with Crippen LogP contribution in [0, 0.1) is 0 Å². The van der Waals surface area contributed by atoms with Crippen LogP contribution < -0.4 is 11.3 Å². The molecule has 1 aliphatic carbocycles. The molecule has 11 heteroatoms. The minimum Gasteiger partial charge on any atom is -0.493 e. The number of nitrogens with two attached hydrogens (primary N) is 1. The van der Waals surface area contributed by atoms with Crippen LogP contribution in [0.25, 0.3) is 11.0 Å². The van der Waals surface area contributed by atoms with E-state index in [0.717, 1.165) is 11.3 Å². The lowest BCUT2D eigenvalue weighted by atomic mass is 10.0. The average Bonchev–Trinajstić information content (AvgIpc) is 3.15. The normalized spacial score (nSPS) is 18.2. The van der Waals surface area contributed by atoms with Gasteiger partial charge in [0.1, 0.15) is 10.8 Å². The Morgan fingerprint density at radius 1 is 1.33 bits per heavy atom. The molecule has 1 aliphatic heterocycles. The van der Waals surface area contributed by atoms with E-state index in [-0.39, 0.29) is 35.3 Å².